The number of nitrogens with zero attached hydrogens (tertiary/aromatic N) is 6. The lowest BCUT2D eigenvalue weighted by molar-refractivity contribution is 0.102. The number of thiophene rings is 1. The summed E-state index contributed by atoms with van der Waals surface area (Å²) in [6.07, 6.45) is 7.78. The molecule has 6 rings (SSSR count). The van der Waals surface area contributed by atoms with Crippen LogP contribution in [0.15, 0.2) is 36.8 Å². The SMILES string of the molecule is C[C@@H]1CCc2nnc(-c3cccc(NC(=O)c4cc(-n5cnc(C6CC6)c5)sc4F)n3)n21. The van der Waals surface area contributed by atoms with Gasteiger partial charge in [0.25, 0.3) is 5.91 Å². The largest absolute Gasteiger partial charge is 0.307 e. The molecule has 162 valence electrons. The molecule has 2 aliphatic rings. The van der Waals surface area contributed by atoms with Crippen molar-refractivity contribution in [2.75, 3.05) is 5.32 Å². The number of hydrogen-bond donors (Lipinski definition) is 1. The molecule has 5 heterocycles. The zero-order chi connectivity index (χ0) is 21.8. The van der Waals surface area contributed by atoms with Gasteiger partial charge in [-0.25, -0.2) is 9.97 Å². The number of pyridine rings is 1. The number of anilines is 1. The summed E-state index contributed by atoms with van der Waals surface area (Å²) in [5.41, 5.74) is 1.61. The predicted molar refractivity (Wildman–Crippen MR) is 118 cm³/mol. The van der Waals surface area contributed by atoms with Gasteiger partial charge in [-0.3, -0.25) is 9.36 Å². The average Bonchev–Trinajstić information content (AvgIpc) is 3.13. The van der Waals surface area contributed by atoms with Crippen molar-refractivity contribution in [3.8, 4) is 16.5 Å². The first-order valence-electron chi connectivity index (χ1n) is 10.6. The van der Waals surface area contributed by atoms with Crippen LogP contribution in [0.1, 0.15) is 60.0 Å². The normalized spacial score (nSPS) is 17.5. The van der Waals surface area contributed by atoms with E-state index in [-0.39, 0.29) is 5.56 Å². The Hall–Kier alpha value is -3.40. The number of carbonyl (C=O) groups is 1. The molecule has 4 aromatic rings. The molecule has 1 aliphatic heterocycles. The third-order valence-corrected chi connectivity index (χ3v) is 6.92. The van der Waals surface area contributed by atoms with E-state index >= 15 is 0 Å². The number of fused-ring (bicyclic) bond motifs is 1. The number of aryl methyl sites for hydroxylation is 1. The van der Waals surface area contributed by atoms with Gasteiger partial charge in [0.15, 0.2) is 11.0 Å². The number of halogens is 1. The van der Waals surface area contributed by atoms with Crippen LogP contribution >= 0.6 is 11.3 Å². The van der Waals surface area contributed by atoms with Gasteiger partial charge in [0, 0.05) is 24.6 Å². The molecular formula is C22H20FN7OS. The van der Waals surface area contributed by atoms with E-state index in [1.807, 2.05) is 12.3 Å². The summed E-state index contributed by atoms with van der Waals surface area (Å²) in [4.78, 5) is 21.7. The summed E-state index contributed by atoms with van der Waals surface area (Å²) in [5, 5.41) is 11.3. The topological polar surface area (TPSA) is 90.5 Å². The Bertz CT molecular complexity index is 1340. The Morgan fingerprint density at radius 3 is 2.97 bits per heavy atom. The number of aromatic nitrogens is 6. The van der Waals surface area contributed by atoms with Crippen molar-refractivity contribution in [2.24, 2.45) is 0 Å². The average molecular weight is 450 g/mol. The van der Waals surface area contributed by atoms with Gasteiger partial charge in [-0.1, -0.05) is 17.4 Å². The van der Waals surface area contributed by atoms with Crippen LogP contribution in [-0.2, 0) is 6.42 Å². The Morgan fingerprint density at radius 2 is 2.12 bits per heavy atom. The molecule has 1 saturated carbocycles. The maximum atomic E-state index is 14.6. The van der Waals surface area contributed by atoms with Crippen molar-refractivity contribution >= 4 is 23.1 Å². The highest BCUT2D eigenvalue weighted by Crippen LogP contribution is 2.39. The molecule has 0 unspecified atom stereocenters. The molecule has 0 aromatic carbocycles. The highest BCUT2D eigenvalue weighted by atomic mass is 32.1. The monoisotopic (exact) mass is 449 g/mol. The van der Waals surface area contributed by atoms with E-state index in [1.165, 1.54) is 0 Å². The molecule has 1 atom stereocenters. The number of imidazole rings is 1. The second-order valence-electron chi connectivity index (χ2n) is 8.31. The van der Waals surface area contributed by atoms with Gasteiger partial charge in [-0.15, -0.1) is 10.2 Å². The smallest absolute Gasteiger partial charge is 0.260 e. The molecule has 0 bridgehead atoms. The first-order chi connectivity index (χ1) is 15.6. The van der Waals surface area contributed by atoms with Crippen LogP contribution in [-0.4, -0.2) is 35.2 Å². The first-order valence-corrected chi connectivity index (χ1v) is 11.4. The van der Waals surface area contributed by atoms with E-state index in [9.17, 15) is 9.18 Å². The highest BCUT2D eigenvalue weighted by molar-refractivity contribution is 7.13. The van der Waals surface area contributed by atoms with Crippen LogP contribution in [0.3, 0.4) is 0 Å². The van der Waals surface area contributed by atoms with Gasteiger partial charge in [0.2, 0.25) is 0 Å². The summed E-state index contributed by atoms with van der Waals surface area (Å²) in [5.74, 6) is 1.92. The molecule has 1 aliphatic carbocycles. The van der Waals surface area contributed by atoms with Crippen LogP contribution in [0, 0.1) is 5.13 Å². The van der Waals surface area contributed by atoms with Crippen molar-refractivity contribution in [3.63, 3.8) is 0 Å². The van der Waals surface area contributed by atoms with E-state index in [0.29, 0.717) is 34.3 Å². The van der Waals surface area contributed by atoms with Crippen molar-refractivity contribution < 1.29 is 9.18 Å². The van der Waals surface area contributed by atoms with Crippen LogP contribution in [0.25, 0.3) is 16.5 Å². The van der Waals surface area contributed by atoms with Crippen LogP contribution < -0.4 is 5.32 Å². The van der Waals surface area contributed by atoms with Crippen LogP contribution in [0.5, 0.6) is 0 Å². The second-order valence-corrected chi connectivity index (χ2v) is 9.29. The zero-order valence-corrected chi connectivity index (χ0v) is 18.1. The minimum atomic E-state index is -0.544. The van der Waals surface area contributed by atoms with E-state index in [0.717, 1.165) is 48.5 Å². The molecule has 1 fully saturated rings. The molecule has 0 radical (unpaired) electrons. The molecule has 1 amide bonds. The van der Waals surface area contributed by atoms with Crippen molar-refractivity contribution in [1.82, 2.24) is 29.3 Å². The standard InChI is InChI=1S/C22H20FN7OS/c1-12-5-8-18-27-28-21(30(12)18)15-3-2-4-17(25-15)26-22(31)14-9-19(32-20(14)23)29-10-16(24-11-29)13-6-7-13/h2-4,9-13H,5-8H2,1H3,(H,25,26,31)/t12-/m1/s1. The number of hydrogen-bond acceptors (Lipinski definition) is 6. The third-order valence-electron chi connectivity index (χ3n) is 5.98. The molecular weight excluding hydrogens is 429 g/mol. The lowest BCUT2D eigenvalue weighted by Gasteiger charge is -2.10. The van der Waals surface area contributed by atoms with Gasteiger partial charge >= 0.3 is 0 Å². The second kappa shape index (κ2) is 7.33. The number of amides is 1. The number of carbonyl (C=O) groups excluding carboxylic acids is 1. The number of rotatable bonds is 5. The van der Waals surface area contributed by atoms with Gasteiger partial charge in [-0.05, 0) is 44.4 Å². The molecule has 0 spiro atoms. The van der Waals surface area contributed by atoms with E-state index in [4.69, 9.17) is 0 Å². The molecule has 32 heavy (non-hydrogen) atoms. The van der Waals surface area contributed by atoms with Gasteiger partial charge in [-0.2, -0.15) is 4.39 Å². The lowest BCUT2D eigenvalue weighted by Crippen LogP contribution is -2.14. The summed E-state index contributed by atoms with van der Waals surface area (Å²) in [6.45, 7) is 2.12. The third kappa shape index (κ3) is 3.31. The minimum Gasteiger partial charge on any atom is -0.307 e. The Morgan fingerprint density at radius 1 is 1.25 bits per heavy atom. The first kappa shape index (κ1) is 19.3. The Kier molecular flexibility index (Phi) is 4.42. The zero-order valence-electron chi connectivity index (χ0n) is 17.3. The quantitative estimate of drug-likeness (QED) is 0.489. The Labute approximate surface area is 187 Å². The van der Waals surface area contributed by atoms with E-state index < -0.39 is 11.0 Å². The lowest BCUT2D eigenvalue weighted by atomic mass is 10.2. The van der Waals surface area contributed by atoms with E-state index in [1.54, 1.807) is 29.1 Å². The number of nitrogens with one attached hydrogen (secondary N) is 1. The van der Waals surface area contributed by atoms with Gasteiger partial charge in [0.1, 0.15) is 28.7 Å². The fourth-order valence-electron chi connectivity index (χ4n) is 4.10. The fourth-order valence-corrected chi connectivity index (χ4v) is 4.93. The predicted octanol–water partition coefficient (Wildman–Crippen LogP) is 4.36. The molecule has 4 aromatic heterocycles. The molecule has 1 N–H and O–H groups in total. The maximum absolute atomic E-state index is 14.6. The summed E-state index contributed by atoms with van der Waals surface area (Å²) in [7, 11) is 0. The van der Waals surface area contributed by atoms with Crippen LogP contribution in [0.4, 0.5) is 10.2 Å². The molecule has 0 saturated heterocycles. The maximum Gasteiger partial charge on any atom is 0.260 e. The fraction of sp³-hybridized carbons (Fsp3) is 0.318. The Balaban J connectivity index is 1.24. The molecule has 10 heteroatoms. The van der Waals surface area contributed by atoms with Crippen molar-refractivity contribution in [2.45, 2.75) is 44.6 Å². The summed E-state index contributed by atoms with van der Waals surface area (Å²) < 4.78 is 18.5. The van der Waals surface area contributed by atoms with Crippen LogP contribution in [0.2, 0.25) is 0 Å². The summed E-state index contributed by atoms with van der Waals surface area (Å²) in [6, 6.07) is 7.15. The summed E-state index contributed by atoms with van der Waals surface area (Å²) >= 11 is 0.920. The highest BCUT2D eigenvalue weighted by Gasteiger charge is 2.27. The minimum absolute atomic E-state index is 0.0177. The molecule has 8 nitrogen and oxygen atoms in total. The van der Waals surface area contributed by atoms with Crippen molar-refractivity contribution in [3.05, 3.63) is 59.0 Å². The van der Waals surface area contributed by atoms with Crippen molar-refractivity contribution in [1.29, 1.82) is 0 Å². The van der Waals surface area contributed by atoms with E-state index in [2.05, 4.69) is 37.0 Å². The van der Waals surface area contributed by atoms with Gasteiger partial charge in [0.05, 0.1) is 11.3 Å². The van der Waals surface area contributed by atoms with Gasteiger partial charge < -0.3 is 9.88 Å².